The first-order chi connectivity index (χ1) is 12.6. The number of Topliss-reactive ketones (excluding diaryl/α,β-unsaturated/α-hetero) is 1. The van der Waals surface area contributed by atoms with Gasteiger partial charge in [-0.25, -0.2) is 4.79 Å². The van der Waals surface area contributed by atoms with Gasteiger partial charge in [0, 0.05) is 17.2 Å². The maximum Gasteiger partial charge on any atom is 0.331 e. The quantitative estimate of drug-likeness (QED) is 0.450. The van der Waals surface area contributed by atoms with Crippen molar-refractivity contribution >= 4 is 17.8 Å². The molecule has 0 radical (unpaired) electrons. The van der Waals surface area contributed by atoms with Gasteiger partial charge < -0.3 is 18.9 Å². The van der Waals surface area contributed by atoms with Crippen LogP contribution in [0, 0.1) is 0 Å². The molecule has 3 rings (SSSR count). The fourth-order valence-corrected chi connectivity index (χ4v) is 2.49. The summed E-state index contributed by atoms with van der Waals surface area (Å²) in [5.41, 5.74) is 1.96. The van der Waals surface area contributed by atoms with Crippen molar-refractivity contribution in [2.45, 2.75) is 13.5 Å². The molecule has 6 heteroatoms. The van der Waals surface area contributed by atoms with Gasteiger partial charge in [0.1, 0.15) is 12.4 Å². The molecule has 6 nitrogen and oxygen atoms in total. The molecule has 0 atom stereocenters. The smallest absolute Gasteiger partial charge is 0.331 e. The summed E-state index contributed by atoms with van der Waals surface area (Å²) in [5.74, 6) is 1.32. The Labute approximate surface area is 150 Å². The summed E-state index contributed by atoms with van der Waals surface area (Å²) in [7, 11) is 1.52. The number of methoxy groups -OCH3 is 1. The van der Waals surface area contributed by atoms with Gasteiger partial charge in [0.05, 0.1) is 7.11 Å². The lowest BCUT2D eigenvalue weighted by Gasteiger charge is -2.09. The Morgan fingerprint density at radius 2 is 1.92 bits per heavy atom. The van der Waals surface area contributed by atoms with Crippen LogP contribution >= 0.6 is 0 Å². The Hall–Kier alpha value is -3.28. The normalized spacial score (nSPS) is 12.2. The molecule has 2 aromatic carbocycles. The molecular weight excluding hydrogens is 336 g/mol. The molecule has 134 valence electrons. The van der Waals surface area contributed by atoms with E-state index in [1.165, 1.54) is 20.1 Å². The lowest BCUT2D eigenvalue weighted by atomic mass is 10.1. The molecule has 1 aliphatic rings. The van der Waals surface area contributed by atoms with Gasteiger partial charge in [-0.15, -0.1) is 0 Å². The highest BCUT2D eigenvalue weighted by Gasteiger charge is 2.13. The molecule has 26 heavy (non-hydrogen) atoms. The second-order valence-electron chi connectivity index (χ2n) is 5.64. The molecule has 0 fully saturated rings. The van der Waals surface area contributed by atoms with Gasteiger partial charge in [-0.3, -0.25) is 4.79 Å². The van der Waals surface area contributed by atoms with Crippen LogP contribution in [0.2, 0.25) is 0 Å². The van der Waals surface area contributed by atoms with Gasteiger partial charge in [-0.05, 0) is 48.9 Å². The molecule has 0 saturated carbocycles. The maximum atomic E-state index is 12.0. The standard InChI is InChI=1S/C20H18O6/c1-13(21)15-5-7-17(23-2)16(10-15)11-24-20(22)8-4-14-3-6-18-19(9-14)26-12-25-18/h3-10H,11-12H2,1-2H3. The Morgan fingerprint density at radius 1 is 1.12 bits per heavy atom. The van der Waals surface area contributed by atoms with E-state index in [4.69, 9.17) is 18.9 Å². The van der Waals surface area contributed by atoms with E-state index in [1.807, 2.05) is 6.07 Å². The highest BCUT2D eigenvalue weighted by molar-refractivity contribution is 5.94. The van der Waals surface area contributed by atoms with Crippen LogP contribution in [0.5, 0.6) is 17.2 Å². The first kappa shape index (κ1) is 17.5. The minimum absolute atomic E-state index is 0.00854. The first-order valence-corrected chi connectivity index (χ1v) is 7.99. The number of hydrogen-bond acceptors (Lipinski definition) is 6. The SMILES string of the molecule is COc1ccc(C(C)=O)cc1COC(=O)C=Cc1ccc2c(c1)OCO2. The summed E-state index contributed by atoms with van der Waals surface area (Å²) in [5, 5.41) is 0. The van der Waals surface area contributed by atoms with Crippen molar-refractivity contribution in [1.82, 2.24) is 0 Å². The van der Waals surface area contributed by atoms with Crippen molar-refractivity contribution < 1.29 is 28.5 Å². The maximum absolute atomic E-state index is 12.0. The van der Waals surface area contributed by atoms with Crippen LogP contribution in [0.15, 0.2) is 42.5 Å². The summed E-state index contributed by atoms with van der Waals surface area (Å²) >= 11 is 0. The number of esters is 1. The number of carbonyl (C=O) groups excluding carboxylic acids is 2. The predicted octanol–water partition coefficient (Wildman–Crippen LogP) is 3.38. The highest BCUT2D eigenvalue weighted by atomic mass is 16.7. The van der Waals surface area contributed by atoms with Crippen molar-refractivity contribution in [2.75, 3.05) is 13.9 Å². The van der Waals surface area contributed by atoms with E-state index in [1.54, 1.807) is 36.4 Å². The third-order valence-corrected chi connectivity index (χ3v) is 3.87. The average molecular weight is 354 g/mol. The number of hydrogen-bond donors (Lipinski definition) is 0. The molecule has 1 heterocycles. The zero-order chi connectivity index (χ0) is 18.5. The van der Waals surface area contributed by atoms with Crippen LogP contribution < -0.4 is 14.2 Å². The van der Waals surface area contributed by atoms with Gasteiger partial charge in [0.15, 0.2) is 17.3 Å². The second-order valence-corrected chi connectivity index (χ2v) is 5.64. The van der Waals surface area contributed by atoms with E-state index in [2.05, 4.69) is 0 Å². The molecule has 0 aromatic heterocycles. The molecular formula is C20H18O6. The lowest BCUT2D eigenvalue weighted by molar-refractivity contribution is -0.138. The largest absolute Gasteiger partial charge is 0.496 e. The Balaban J connectivity index is 1.63. The van der Waals surface area contributed by atoms with Crippen LogP contribution in [0.4, 0.5) is 0 Å². The Morgan fingerprint density at radius 3 is 2.69 bits per heavy atom. The van der Waals surface area contributed by atoms with Crippen molar-refractivity contribution in [1.29, 1.82) is 0 Å². The first-order valence-electron chi connectivity index (χ1n) is 7.99. The zero-order valence-corrected chi connectivity index (χ0v) is 14.5. The van der Waals surface area contributed by atoms with E-state index in [9.17, 15) is 9.59 Å². The molecule has 0 unspecified atom stereocenters. The molecule has 0 saturated heterocycles. The summed E-state index contributed by atoms with van der Waals surface area (Å²) in [6, 6.07) is 10.4. The molecule has 0 aliphatic carbocycles. The Bertz CT molecular complexity index is 869. The zero-order valence-electron chi connectivity index (χ0n) is 14.5. The van der Waals surface area contributed by atoms with Gasteiger partial charge in [0.25, 0.3) is 0 Å². The third kappa shape index (κ3) is 4.03. The molecule has 1 aliphatic heterocycles. The van der Waals surface area contributed by atoms with Gasteiger partial charge in [0.2, 0.25) is 6.79 Å². The molecule has 0 N–H and O–H groups in total. The molecule has 2 aromatic rings. The number of ether oxygens (including phenoxy) is 4. The van der Waals surface area contributed by atoms with Crippen molar-refractivity contribution in [3.63, 3.8) is 0 Å². The van der Waals surface area contributed by atoms with E-state index in [-0.39, 0.29) is 19.2 Å². The van der Waals surface area contributed by atoms with Crippen molar-refractivity contribution in [3.05, 3.63) is 59.2 Å². The summed E-state index contributed by atoms with van der Waals surface area (Å²) in [4.78, 5) is 23.5. The minimum Gasteiger partial charge on any atom is -0.496 e. The van der Waals surface area contributed by atoms with Gasteiger partial charge >= 0.3 is 5.97 Å². The summed E-state index contributed by atoms with van der Waals surface area (Å²) in [6.45, 7) is 1.69. The number of benzene rings is 2. The van der Waals surface area contributed by atoms with Crippen LogP contribution in [0.1, 0.15) is 28.4 Å². The van der Waals surface area contributed by atoms with E-state index < -0.39 is 5.97 Å². The number of ketones is 1. The number of rotatable bonds is 6. The minimum atomic E-state index is -0.502. The van der Waals surface area contributed by atoms with Crippen molar-refractivity contribution in [3.8, 4) is 17.2 Å². The van der Waals surface area contributed by atoms with Crippen LogP contribution in [0.3, 0.4) is 0 Å². The molecule has 0 amide bonds. The van der Waals surface area contributed by atoms with E-state index >= 15 is 0 Å². The summed E-state index contributed by atoms with van der Waals surface area (Å²) < 4.78 is 21.0. The highest BCUT2D eigenvalue weighted by Crippen LogP contribution is 2.32. The van der Waals surface area contributed by atoms with Gasteiger partial charge in [-0.1, -0.05) is 6.07 Å². The number of fused-ring (bicyclic) bond motifs is 1. The monoisotopic (exact) mass is 354 g/mol. The fourth-order valence-electron chi connectivity index (χ4n) is 2.49. The topological polar surface area (TPSA) is 71.1 Å². The van der Waals surface area contributed by atoms with Crippen LogP contribution in [-0.4, -0.2) is 25.7 Å². The predicted molar refractivity (Wildman–Crippen MR) is 94.4 cm³/mol. The average Bonchev–Trinajstić information content (AvgIpc) is 3.12. The Kier molecular flexibility index (Phi) is 5.22. The third-order valence-electron chi connectivity index (χ3n) is 3.87. The van der Waals surface area contributed by atoms with Crippen LogP contribution in [-0.2, 0) is 16.1 Å². The van der Waals surface area contributed by atoms with Gasteiger partial charge in [-0.2, -0.15) is 0 Å². The van der Waals surface area contributed by atoms with Crippen molar-refractivity contribution in [2.24, 2.45) is 0 Å². The van der Waals surface area contributed by atoms with Crippen LogP contribution in [0.25, 0.3) is 6.08 Å². The second kappa shape index (κ2) is 7.74. The van der Waals surface area contributed by atoms with E-state index in [0.717, 1.165) is 5.56 Å². The fraction of sp³-hybridized carbons (Fsp3) is 0.200. The molecule has 0 spiro atoms. The summed E-state index contributed by atoms with van der Waals surface area (Å²) in [6.07, 6.45) is 2.96. The lowest BCUT2D eigenvalue weighted by Crippen LogP contribution is -2.04. The van der Waals surface area contributed by atoms with E-state index in [0.29, 0.717) is 28.4 Å². The molecule has 0 bridgehead atoms. The number of carbonyl (C=O) groups is 2.